The van der Waals surface area contributed by atoms with E-state index in [-0.39, 0.29) is 12.2 Å². The normalized spacial score (nSPS) is 34.2. The molecule has 0 heterocycles. The first-order valence-corrected chi connectivity index (χ1v) is 3.47. The summed E-state index contributed by atoms with van der Waals surface area (Å²) in [7, 11) is 0. The Balaban J connectivity index is 2.17. The molecule has 1 fully saturated rings. The van der Waals surface area contributed by atoms with Crippen LogP contribution in [0, 0.1) is 0 Å². The molecule has 0 atom stereocenters. The predicted molar refractivity (Wildman–Crippen MR) is 33.5 cm³/mol. The molecule has 4 nitrogen and oxygen atoms in total. The van der Waals surface area contributed by atoms with Crippen molar-refractivity contribution >= 4 is 0 Å². The summed E-state index contributed by atoms with van der Waals surface area (Å²) in [5.41, 5.74) is 0. The van der Waals surface area contributed by atoms with Gasteiger partial charge in [0.2, 0.25) is 0 Å². The molecule has 0 aromatic heterocycles. The largest absolute Gasteiger partial charge is 0.252 e. The molecule has 0 bridgehead atoms. The van der Waals surface area contributed by atoms with E-state index in [4.69, 9.17) is 10.5 Å². The fourth-order valence-corrected chi connectivity index (χ4v) is 1.24. The quantitative estimate of drug-likeness (QED) is 0.457. The molecule has 10 heavy (non-hydrogen) atoms. The molecular formula is C6H12O4. The average Bonchev–Trinajstić information content (AvgIpc) is 2.05. The van der Waals surface area contributed by atoms with Crippen molar-refractivity contribution in [3.63, 3.8) is 0 Å². The minimum atomic E-state index is -0.0635. The van der Waals surface area contributed by atoms with Crippen molar-refractivity contribution in [2.75, 3.05) is 0 Å². The Morgan fingerprint density at radius 1 is 0.800 bits per heavy atom. The van der Waals surface area contributed by atoms with Crippen molar-refractivity contribution in [2.45, 2.75) is 37.9 Å². The Bertz CT molecular complexity index is 75.7. The van der Waals surface area contributed by atoms with E-state index in [1.165, 1.54) is 0 Å². The Kier molecular flexibility index (Phi) is 3.08. The molecule has 0 aromatic carbocycles. The van der Waals surface area contributed by atoms with Crippen molar-refractivity contribution in [2.24, 2.45) is 0 Å². The van der Waals surface area contributed by atoms with Gasteiger partial charge in [-0.05, 0) is 25.7 Å². The van der Waals surface area contributed by atoms with Crippen LogP contribution >= 0.6 is 0 Å². The van der Waals surface area contributed by atoms with Gasteiger partial charge in [-0.1, -0.05) is 0 Å². The molecule has 0 aliphatic heterocycles. The van der Waals surface area contributed by atoms with Gasteiger partial charge in [-0.15, -0.1) is 0 Å². The average molecular weight is 148 g/mol. The lowest BCUT2D eigenvalue weighted by Crippen LogP contribution is -2.24. The summed E-state index contributed by atoms with van der Waals surface area (Å²) in [6, 6.07) is 0. The van der Waals surface area contributed by atoms with E-state index in [0.29, 0.717) is 0 Å². The van der Waals surface area contributed by atoms with Gasteiger partial charge in [-0.3, -0.25) is 10.5 Å². The first-order valence-electron chi connectivity index (χ1n) is 3.47. The molecule has 0 amide bonds. The third-order valence-electron chi connectivity index (χ3n) is 1.92. The summed E-state index contributed by atoms with van der Waals surface area (Å²) >= 11 is 0. The summed E-state index contributed by atoms with van der Waals surface area (Å²) < 4.78 is 0. The second-order valence-corrected chi connectivity index (χ2v) is 2.61. The summed E-state index contributed by atoms with van der Waals surface area (Å²) in [4.78, 5) is 8.29. The highest BCUT2D eigenvalue weighted by Gasteiger charge is 2.21. The van der Waals surface area contributed by atoms with Crippen molar-refractivity contribution in [1.82, 2.24) is 0 Å². The Morgan fingerprint density at radius 2 is 1.10 bits per heavy atom. The van der Waals surface area contributed by atoms with Crippen LogP contribution in [-0.4, -0.2) is 22.7 Å². The number of hydrogen-bond donors (Lipinski definition) is 2. The van der Waals surface area contributed by atoms with E-state index in [0.717, 1.165) is 25.7 Å². The van der Waals surface area contributed by atoms with E-state index in [9.17, 15) is 0 Å². The van der Waals surface area contributed by atoms with Gasteiger partial charge >= 0.3 is 0 Å². The lowest BCUT2D eigenvalue weighted by molar-refractivity contribution is -0.311. The molecule has 1 aliphatic rings. The van der Waals surface area contributed by atoms with Crippen LogP contribution in [0.2, 0.25) is 0 Å². The van der Waals surface area contributed by atoms with Gasteiger partial charge in [-0.2, -0.15) is 0 Å². The summed E-state index contributed by atoms with van der Waals surface area (Å²) in [5.74, 6) is 0. The zero-order valence-electron chi connectivity index (χ0n) is 5.69. The molecule has 1 saturated carbocycles. The van der Waals surface area contributed by atoms with E-state index < -0.39 is 0 Å². The molecule has 60 valence electrons. The van der Waals surface area contributed by atoms with E-state index in [1.807, 2.05) is 0 Å². The van der Waals surface area contributed by atoms with E-state index in [2.05, 4.69) is 9.78 Å². The predicted octanol–water partition coefficient (Wildman–Crippen LogP) is 1.28. The van der Waals surface area contributed by atoms with Gasteiger partial charge < -0.3 is 0 Å². The minimum absolute atomic E-state index is 0.0635. The molecular weight excluding hydrogens is 136 g/mol. The molecule has 0 saturated heterocycles. The lowest BCUT2D eigenvalue weighted by Gasteiger charge is -2.23. The minimum Gasteiger partial charge on any atom is -0.252 e. The maximum atomic E-state index is 8.25. The van der Waals surface area contributed by atoms with Gasteiger partial charge in [0.05, 0.1) is 12.2 Å². The maximum Gasteiger partial charge on any atom is 0.0929 e. The molecule has 1 aliphatic carbocycles. The first kappa shape index (κ1) is 7.94. The van der Waals surface area contributed by atoms with Gasteiger partial charge in [0.15, 0.2) is 0 Å². The van der Waals surface area contributed by atoms with Crippen molar-refractivity contribution in [3.05, 3.63) is 0 Å². The standard InChI is InChI=1S/C6H12O4/c7-9-5-1-2-6(10-8)4-3-5/h5-8H,1-4H2. The van der Waals surface area contributed by atoms with Crippen LogP contribution in [0.4, 0.5) is 0 Å². The van der Waals surface area contributed by atoms with Gasteiger partial charge in [0.1, 0.15) is 0 Å². The SMILES string of the molecule is OOC1CCC(OO)CC1. The van der Waals surface area contributed by atoms with Gasteiger partial charge in [-0.25, -0.2) is 9.78 Å². The zero-order chi connectivity index (χ0) is 7.40. The Morgan fingerprint density at radius 3 is 1.30 bits per heavy atom. The van der Waals surface area contributed by atoms with Crippen molar-refractivity contribution in [3.8, 4) is 0 Å². The van der Waals surface area contributed by atoms with Crippen LogP contribution in [0.1, 0.15) is 25.7 Å². The van der Waals surface area contributed by atoms with Crippen molar-refractivity contribution in [1.29, 1.82) is 0 Å². The van der Waals surface area contributed by atoms with E-state index in [1.54, 1.807) is 0 Å². The van der Waals surface area contributed by atoms with Gasteiger partial charge in [0, 0.05) is 0 Å². The monoisotopic (exact) mass is 148 g/mol. The molecule has 4 heteroatoms. The molecule has 0 spiro atoms. The molecule has 1 rings (SSSR count). The molecule has 0 radical (unpaired) electrons. The second kappa shape index (κ2) is 3.88. The number of hydrogen-bond acceptors (Lipinski definition) is 4. The zero-order valence-corrected chi connectivity index (χ0v) is 5.69. The Hall–Kier alpha value is -0.160. The third kappa shape index (κ3) is 1.91. The fourth-order valence-electron chi connectivity index (χ4n) is 1.24. The Labute approximate surface area is 59.2 Å². The van der Waals surface area contributed by atoms with Crippen LogP contribution < -0.4 is 0 Å². The second-order valence-electron chi connectivity index (χ2n) is 2.61. The fraction of sp³-hybridized carbons (Fsp3) is 1.00. The topological polar surface area (TPSA) is 58.9 Å². The summed E-state index contributed by atoms with van der Waals surface area (Å²) in [6.07, 6.45) is 2.88. The molecule has 2 N–H and O–H groups in total. The number of rotatable bonds is 2. The highest BCUT2D eigenvalue weighted by atomic mass is 17.1. The first-order chi connectivity index (χ1) is 4.86. The van der Waals surface area contributed by atoms with Crippen LogP contribution in [0.5, 0.6) is 0 Å². The lowest BCUT2D eigenvalue weighted by atomic mass is 9.95. The van der Waals surface area contributed by atoms with Gasteiger partial charge in [0.25, 0.3) is 0 Å². The third-order valence-corrected chi connectivity index (χ3v) is 1.92. The highest BCUT2D eigenvalue weighted by molar-refractivity contribution is 4.70. The summed E-state index contributed by atoms with van der Waals surface area (Å²) in [6.45, 7) is 0. The smallest absolute Gasteiger partial charge is 0.0929 e. The maximum absolute atomic E-state index is 8.25. The highest BCUT2D eigenvalue weighted by Crippen LogP contribution is 2.21. The molecule has 0 aromatic rings. The van der Waals surface area contributed by atoms with Crippen LogP contribution in [0.25, 0.3) is 0 Å². The van der Waals surface area contributed by atoms with Crippen LogP contribution in [0.3, 0.4) is 0 Å². The van der Waals surface area contributed by atoms with E-state index >= 15 is 0 Å². The summed E-state index contributed by atoms with van der Waals surface area (Å²) in [5, 5.41) is 16.5. The van der Waals surface area contributed by atoms with Crippen LogP contribution in [-0.2, 0) is 9.78 Å². The van der Waals surface area contributed by atoms with Crippen LogP contribution in [0.15, 0.2) is 0 Å². The molecule has 0 unspecified atom stereocenters. The van der Waals surface area contributed by atoms with Crippen molar-refractivity contribution < 1.29 is 20.3 Å².